The van der Waals surface area contributed by atoms with E-state index in [0.717, 1.165) is 18.2 Å². The molecule has 184 valence electrons. The van der Waals surface area contributed by atoms with E-state index in [0.29, 0.717) is 12.1 Å². The van der Waals surface area contributed by atoms with Crippen LogP contribution in [0.4, 0.5) is 13.2 Å². The predicted octanol–water partition coefficient (Wildman–Crippen LogP) is 3.79. The maximum Gasteiger partial charge on any atom is 0.416 e. The van der Waals surface area contributed by atoms with Gasteiger partial charge in [0.2, 0.25) is 0 Å². The minimum absolute atomic E-state index is 0.00455. The normalized spacial score (nSPS) is 12.7. The molecule has 0 unspecified atom stereocenters. The minimum atomic E-state index is -5.05. The summed E-state index contributed by atoms with van der Waals surface area (Å²) in [6, 6.07) is 5.02. The monoisotopic (exact) mass is 531 g/mol. The predicted molar refractivity (Wildman–Crippen MR) is 114 cm³/mol. The molecule has 0 aliphatic rings. The summed E-state index contributed by atoms with van der Waals surface area (Å²) in [5, 5.41) is -0.567. The topological polar surface area (TPSA) is 99.2 Å². The third kappa shape index (κ3) is 5.90. The van der Waals surface area contributed by atoms with Gasteiger partial charge in [-0.05, 0) is 36.8 Å². The van der Waals surface area contributed by atoms with E-state index in [1.165, 1.54) is 27.4 Å². The van der Waals surface area contributed by atoms with Crippen molar-refractivity contribution in [1.82, 2.24) is 3.71 Å². The standard InChI is InChI=1S/C19H21ClF3NO7S2/c1-29-10-4-9-24(32(25,26)14-6-8-16(30-2)17(12-14)31-3)33(27,28)18-11-13(19(21,22)23)5-7-15(18)20/h5-8,11-12H,4,9-10H2,1-3H3. The Morgan fingerprint density at radius 3 is 2.09 bits per heavy atom. The van der Waals surface area contributed by atoms with E-state index in [1.807, 2.05) is 0 Å². The van der Waals surface area contributed by atoms with Crippen molar-refractivity contribution in [1.29, 1.82) is 0 Å². The molecule has 2 rings (SSSR count). The first-order valence-electron chi connectivity index (χ1n) is 9.16. The zero-order valence-corrected chi connectivity index (χ0v) is 20.1. The lowest BCUT2D eigenvalue weighted by atomic mass is 10.2. The second-order valence-corrected chi connectivity index (χ2v) is 10.8. The summed E-state index contributed by atoms with van der Waals surface area (Å²) in [4.78, 5) is -1.48. The first-order valence-corrected chi connectivity index (χ1v) is 12.4. The van der Waals surface area contributed by atoms with Gasteiger partial charge in [0.1, 0.15) is 4.90 Å². The highest BCUT2D eigenvalue weighted by Crippen LogP contribution is 2.37. The Labute approximate surface area is 194 Å². The van der Waals surface area contributed by atoms with Gasteiger partial charge in [0.05, 0.1) is 29.7 Å². The Balaban J connectivity index is 2.70. The van der Waals surface area contributed by atoms with E-state index in [2.05, 4.69) is 0 Å². The molecule has 0 heterocycles. The van der Waals surface area contributed by atoms with Crippen LogP contribution in [0.3, 0.4) is 0 Å². The Morgan fingerprint density at radius 1 is 0.909 bits per heavy atom. The Kier molecular flexibility index (Phi) is 8.63. The van der Waals surface area contributed by atoms with Crippen LogP contribution in [0.15, 0.2) is 46.2 Å². The molecule has 2 aromatic rings. The van der Waals surface area contributed by atoms with Crippen LogP contribution >= 0.6 is 11.6 Å². The minimum Gasteiger partial charge on any atom is -0.493 e. The van der Waals surface area contributed by atoms with Crippen LogP contribution in [0, 0.1) is 0 Å². The van der Waals surface area contributed by atoms with Gasteiger partial charge in [-0.3, -0.25) is 0 Å². The maximum absolute atomic E-state index is 13.4. The summed E-state index contributed by atoms with van der Waals surface area (Å²) in [6.07, 6.45) is -4.95. The molecule has 0 spiro atoms. The smallest absolute Gasteiger partial charge is 0.416 e. The molecule has 14 heteroatoms. The molecule has 33 heavy (non-hydrogen) atoms. The molecule has 0 atom stereocenters. The lowest BCUT2D eigenvalue weighted by Crippen LogP contribution is -2.38. The number of hydrogen-bond donors (Lipinski definition) is 0. The number of alkyl halides is 3. The van der Waals surface area contributed by atoms with Crippen molar-refractivity contribution in [2.75, 3.05) is 34.5 Å². The van der Waals surface area contributed by atoms with Crippen molar-refractivity contribution in [3.63, 3.8) is 0 Å². The third-order valence-electron chi connectivity index (χ3n) is 4.41. The molecule has 0 amide bonds. The Hall–Kier alpha value is -2.06. The van der Waals surface area contributed by atoms with Gasteiger partial charge >= 0.3 is 6.18 Å². The largest absolute Gasteiger partial charge is 0.493 e. The summed E-state index contributed by atoms with van der Waals surface area (Å²) >= 11 is 5.89. The van der Waals surface area contributed by atoms with Crippen molar-refractivity contribution in [3.05, 3.63) is 47.0 Å². The zero-order valence-electron chi connectivity index (χ0n) is 17.7. The summed E-state index contributed by atoms with van der Waals surface area (Å²) < 4.78 is 108. The number of ether oxygens (including phenoxy) is 3. The Bertz CT molecular complexity index is 1200. The molecule has 0 saturated heterocycles. The molecular weight excluding hydrogens is 511 g/mol. The van der Waals surface area contributed by atoms with Gasteiger partial charge in [-0.25, -0.2) is 16.8 Å². The fourth-order valence-electron chi connectivity index (χ4n) is 2.79. The van der Waals surface area contributed by atoms with Crippen molar-refractivity contribution < 1.29 is 44.2 Å². The van der Waals surface area contributed by atoms with Gasteiger partial charge < -0.3 is 14.2 Å². The zero-order chi connectivity index (χ0) is 25.0. The van der Waals surface area contributed by atoms with Crippen molar-refractivity contribution in [2.45, 2.75) is 22.4 Å². The molecular formula is C19H21ClF3NO7S2. The quantitative estimate of drug-likeness (QED) is 0.430. The summed E-state index contributed by atoms with van der Waals surface area (Å²) in [6.45, 7) is -0.622. The number of sulfonamides is 2. The number of rotatable bonds is 10. The maximum atomic E-state index is 13.4. The SMILES string of the molecule is COCCCN(S(=O)(=O)c1ccc(OC)c(OC)c1)S(=O)(=O)c1cc(C(F)(F)F)ccc1Cl. The number of hydrogen-bond acceptors (Lipinski definition) is 7. The van der Waals surface area contributed by atoms with E-state index >= 15 is 0 Å². The van der Waals surface area contributed by atoms with Crippen LogP contribution in [0.25, 0.3) is 0 Å². The molecule has 2 aromatic carbocycles. The fraction of sp³-hybridized carbons (Fsp3) is 0.368. The second kappa shape index (κ2) is 10.5. The van der Waals surface area contributed by atoms with Crippen LogP contribution in [0.2, 0.25) is 5.02 Å². The first kappa shape index (κ1) is 27.2. The van der Waals surface area contributed by atoms with Crippen LogP contribution in [0.5, 0.6) is 11.5 Å². The van der Waals surface area contributed by atoms with Crippen LogP contribution in [0.1, 0.15) is 12.0 Å². The summed E-state index contributed by atoms with van der Waals surface area (Å²) in [5.41, 5.74) is -1.30. The molecule has 0 aliphatic carbocycles. The molecule has 0 fully saturated rings. The number of nitrogens with zero attached hydrogens (tertiary/aromatic N) is 1. The van der Waals surface area contributed by atoms with Crippen molar-refractivity contribution >= 4 is 31.6 Å². The molecule has 0 N–H and O–H groups in total. The average Bonchev–Trinajstić information content (AvgIpc) is 2.75. The first-order chi connectivity index (χ1) is 15.3. The van der Waals surface area contributed by atoms with Crippen LogP contribution in [-0.2, 0) is 31.0 Å². The van der Waals surface area contributed by atoms with E-state index in [9.17, 15) is 30.0 Å². The lowest BCUT2D eigenvalue weighted by molar-refractivity contribution is -0.137. The van der Waals surface area contributed by atoms with Gasteiger partial charge in [-0.15, -0.1) is 0 Å². The van der Waals surface area contributed by atoms with E-state index in [4.69, 9.17) is 25.8 Å². The van der Waals surface area contributed by atoms with E-state index in [1.54, 1.807) is 0 Å². The number of benzene rings is 2. The molecule has 0 aliphatic heterocycles. The summed E-state index contributed by atoms with van der Waals surface area (Å²) in [5.74, 6) is 0.191. The summed E-state index contributed by atoms with van der Waals surface area (Å²) in [7, 11) is -5.94. The van der Waals surface area contributed by atoms with E-state index in [-0.39, 0.29) is 28.2 Å². The van der Waals surface area contributed by atoms with Crippen molar-refractivity contribution in [2.24, 2.45) is 0 Å². The van der Waals surface area contributed by atoms with Gasteiger partial charge in [-0.1, -0.05) is 15.3 Å². The fourth-order valence-corrected chi connectivity index (χ4v) is 7.01. The van der Waals surface area contributed by atoms with Gasteiger partial charge in [0.15, 0.2) is 11.5 Å². The second-order valence-electron chi connectivity index (χ2n) is 6.51. The molecule has 0 saturated carbocycles. The highest BCUT2D eigenvalue weighted by molar-refractivity contribution is 8.04. The Morgan fingerprint density at radius 2 is 1.55 bits per heavy atom. The van der Waals surface area contributed by atoms with Crippen LogP contribution in [-0.4, -0.2) is 55.0 Å². The van der Waals surface area contributed by atoms with E-state index < -0.39 is 53.1 Å². The van der Waals surface area contributed by atoms with Crippen molar-refractivity contribution in [3.8, 4) is 11.5 Å². The van der Waals surface area contributed by atoms with Gasteiger partial charge in [0.25, 0.3) is 20.0 Å². The highest BCUT2D eigenvalue weighted by Gasteiger charge is 2.40. The number of methoxy groups -OCH3 is 3. The average molecular weight is 532 g/mol. The number of halogens is 4. The molecule has 0 aromatic heterocycles. The molecule has 0 bridgehead atoms. The molecule has 0 radical (unpaired) electrons. The van der Waals surface area contributed by atoms with Gasteiger partial charge in [0, 0.05) is 26.3 Å². The highest BCUT2D eigenvalue weighted by atomic mass is 35.5. The lowest BCUT2D eigenvalue weighted by Gasteiger charge is -2.23. The molecule has 8 nitrogen and oxygen atoms in total. The van der Waals surface area contributed by atoms with Crippen LogP contribution < -0.4 is 9.47 Å². The van der Waals surface area contributed by atoms with Gasteiger partial charge in [-0.2, -0.15) is 13.2 Å². The third-order valence-corrected chi connectivity index (χ3v) is 9.21.